The maximum absolute atomic E-state index is 11.3. The molecule has 0 saturated carbocycles. The van der Waals surface area contributed by atoms with Crippen molar-refractivity contribution >= 4 is 23.6 Å². The Morgan fingerprint density at radius 3 is 2.52 bits per heavy atom. The molecule has 6 nitrogen and oxygen atoms in total. The second-order valence-corrected chi connectivity index (χ2v) is 5.85. The molecule has 0 unspecified atom stereocenters. The van der Waals surface area contributed by atoms with Gasteiger partial charge in [0.15, 0.2) is 0 Å². The summed E-state index contributed by atoms with van der Waals surface area (Å²) < 4.78 is 2.12. The smallest absolute Gasteiger partial charge is 0.278 e. The monoisotopic (exact) mass is 348 g/mol. The van der Waals surface area contributed by atoms with E-state index in [1.807, 2.05) is 30.3 Å². The number of imidazole rings is 1. The number of nitrogens with one attached hydrogen (secondary N) is 1. The van der Waals surface area contributed by atoms with Crippen LogP contribution >= 0.6 is 12.2 Å². The normalized spacial score (nSPS) is 10.9. The molecule has 1 N–H and O–H groups in total. The number of H-pyrrole nitrogens is 1. The maximum atomic E-state index is 11.3. The Bertz CT molecular complexity index is 1150. The van der Waals surface area contributed by atoms with Gasteiger partial charge in [0.1, 0.15) is 5.65 Å². The van der Waals surface area contributed by atoms with Crippen LogP contribution in [0.2, 0.25) is 0 Å². The van der Waals surface area contributed by atoms with Crippen LogP contribution in [-0.4, -0.2) is 19.3 Å². The number of para-hydroxylation sites is 1. The minimum atomic E-state index is -0.392. The van der Waals surface area contributed by atoms with Gasteiger partial charge < -0.3 is 4.98 Å². The Balaban J connectivity index is 2.00. The molecule has 0 amide bonds. The molecule has 0 fully saturated rings. The second kappa shape index (κ2) is 5.95. The van der Waals surface area contributed by atoms with E-state index in [1.165, 1.54) is 6.07 Å². The van der Waals surface area contributed by atoms with Gasteiger partial charge >= 0.3 is 0 Å². The number of nitro groups is 1. The van der Waals surface area contributed by atoms with Crippen LogP contribution in [0.1, 0.15) is 0 Å². The average Bonchev–Trinajstić information content (AvgIpc) is 3.09. The number of rotatable bonds is 3. The highest BCUT2D eigenvalue weighted by atomic mass is 32.1. The number of benzene rings is 2. The molecule has 25 heavy (non-hydrogen) atoms. The molecule has 0 aliphatic rings. The van der Waals surface area contributed by atoms with Gasteiger partial charge in [-0.2, -0.15) is 0 Å². The molecule has 0 radical (unpaired) electrons. The van der Waals surface area contributed by atoms with Crippen molar-refractivity contribution in [3.05, 3.63) is 81.9 Å². The predicted octanol–water partition coefficient (Wildman–Crippen LogP) is 4.63. The van der Waals surface area contributed by atoms with Crippen LogP contribution in [0, 0.1) is 14.9 Å². The summed E-state index contributed by atoms with van der Waals surface area (Å²) in [6.45, 7) is 0. The van der Waals surface area contributed by atoms with Gasteiger partial charge in [0, 0.05) is 24.0 Å². The Kier molecular flexibility index (Phi) is 3.62. The van der Waals surface area contributed by atoms with Crippen LogP contribution in [0.5, 0.6) is 0 Å². The Morgan fingerprint density at radius 1 is 1.04 bits per heavy atom. The number of nitrogens with zero attached hydrogens (tertiary/aromatic N) is 3. The van der Waals surface area contributed by atoms with Gasteiger partial charge in [-0.1, -0.05) is 42.5 Å². The minimum absolute atomic E-state index is 0.0368. The highest BCUT2D eigenvalue weighted by Gasteiger charge is 2.17. The van der Waals surface area contributed by atoms with E-state index in [1.54, 1.807) is 35.0 Å². The third-order valence-electron chi connectivity index (χ3n) is 3.99. The summed E-state index contributed by atoms with van der Waals surface area (Å²) in [5.41, 5.74) is 3.76. The van der Waals surface area contributed by atoms with Crippen LogP contribution in [-0.2, 0) is 0 Å². The van der Waals surface area contributed by atoms with E-state index in [2.05, 4.69) is 9.97 Å². The summed E-state index contributed by atoms with van der Waals surface area (Å²) in [6, 6.07) is 16.4. The minimum Gasteiger partial charge on any atom is -0.339 e. The lowest BCUT2D eigenvalue weighted by Crippen LogP contribution is -1.92. The van der Waals surface area contributed by atoms with Crippen molar-refractivity contribution in [2.24, 2.45) is 0 Å². The molecule has 4 aromatic rings. The molecule has 2 heterocycles. The summed E-state index contributed by atoms with van der Waals surface area (Å²) in [5.74, 6) is 0. The first-order valence-electron chi connectivity index (χ1n) is 7.55. The number of hydrogen-bond donors (Lipinski definition) is 1. The number of aromatic amines is 1. The van der Waals surface area contributed by atoms with Crippen molar-refractivity contribution < 1.29 is 4.92 Å². The van der Waals surface area contributed by atoms with Crippen LogP contribution in [0.15, 0.2) is 67.0 Å². The fraction of sp³-hybridized carbons (Fsp3) is 0. The molecule has 7 heteroatoms. The third-order valence-corrected chi connectivity index (χ3v) is 4.30. The maximum Gasteiger partial charge on any atom is 0.278 e. The number of aromatic nitrogens is 3. The quantitative estimate of drug-likeness (QED) is 0.332. The van der Waals surface area contributed by atoms with E-state index in [0.717, 1.165) is 16.8 Å². The van der Waals surface area contributed by atoms with Gasteiger partial charge in [-0.25, -0.2) is 4.98 Å². The number of hydrogen-bond acceptors (Lipinski definition) is 4. The molecule has 0 aliphatic heterocycles. The van der Waals surface area contributed by atoms with Crippen LogP contribution in [0.3, 0.4) is 0 Å². The van der Waals surface area contributed by atoms with E-state index in [4.69, 9.17) is 12.2 Å². The topological polar surface area (TPSA) is 76.2 Å². The molecule has 0 bridgehead atoms. The van der Waals surface area contributed by atoms with Crippen molar-refractivity contribution in [1.82, 2.24) is 14.4 Å². The molecular formula is C18H12N4O2S. The molecular weight excluding hydrogens is 336 g/mol. The van der Waals surface area contributed by atoms with Gasteiger partial charge in [-0.3, -0.25) is 14.5 Å². The zero-order valence-electron chi connectivity index (χ0n) is 12.9. The predicted molar refractivity (Wildman–Crippen MR) is 97.9 cm³/mol. The van der Waals surface area contributed by atoms with Crippen molar-refractivity contribution in [1.29, 1.82) is 0 Å². The SMILES string of the molecule is O=[N+]([O-])c1ccccc1-c1cn2c(=S)ncc(-c3ccccc3)c2[nH]1. The lowest BCUT2D eigenvalue weighted by Gasteiger charge is -2.03. The molecule has 2 aromatic heterocycles. The lowest BCUT2D eigenvalue weighted by molar-refractivity contribution is -0.384. The number of nitro benzene ring substituents is 1. The highest BCUT2D eigenvalue weighted by Crippen LogP contribution is 2.31. The molecule has 0 spiro atoms. The summed E-state index contributed by atoms with van der Waals surface area (Å²) in [7, 11) is 0. The molecule has 122 valence electrons. The lowest BCUT2D eigenvalue weighted by atomic mass is 10.1. The van der Waals surface area contributed by atoms with E-state index < -0.39 is 4.92 Å². The fourth-order valence-electron chi connectivity index (χ4n) is 2.83. The van der Waals surface area contributed by atoms with E-state index in [9.17, 15) is 10.1 Å². The zero-order chi connectivity index (χ0) is 17.4. The highest BCUT2D eigenvalue weighted by molar-refractivity contribution is 7.71. The largest absolute Gasteiger partial charge is 0.339 e. The first-order chi connectivity index (χ1) is 12.1. The summed E-state index contributed by atoms with van der Waals surface area (Å²) in [4.78, 5) is 18.5. The van der Waals surface area contributed by atoms with Crippen molar-refractivity contribution in [2.75, 3.05) is 0 Å². The van der Waals surface area contributed by atoms with Gasteiger partial charge in [-0.15, -0.1) is 0 Å². The molecule has 0 saturated heterocycles. The Morgan fingerprint density at radius 2 is 1.76 bits per heavy atom. The first-order valence-corrected chi connectivity index (χ1v) is 7.95. The van der Waals surface area contributed by atoms with E-state index in [-0.39, 0.29) is 5.69 Å². The van der Waals surface area contributed by atoms with Gasteiger partial charge in [0.05, 0.1) is 16.2 Å². The molecule has 2 aromatic carbocycles. The summed E-state index contributed by atoms with van der Waals surface area (Å²) in [5, 5.41) is 11.3. The van der Waals surface area contributed by atoms with Gasteiger partial charge in [0.25, 0.3) is 5.69 Å². The van der Waals surface area contributed by atoms with E-state index >= 15 is 0 Å². The Hall–Kier alpha value is -3.32. The standard InChI is InChI=1S/C18H12N4O2S/c23-22(24)16-9-5-4-8-13(16)15-11-21-17(20-15)14(10-19-18(21)25)12-6-2-1-3-7-12/h1-11,20H. The van der Waals surface area contributed by atoms with Crippen LogP contribution in [0.4, 0.5) is 5.69 Å². The number of fused-ring (bicyclic) bond motifs is 1. The fourth-order valence-corrected chi connectivity index (χ4v) is 3.03. The second-order valence-electron chi connectivity index (χ2n) is 5.48. The molecule has 0 aliphatic carbocycles. The summed E-state index contributed by atoms with van der Waals surface area (Å²) >= 11 is 5.31. The van der Waals surface area contributed by atoms with Crippen molar-refractivity contribution in [3.8, 4) is 22.4 Å². The zero-order valence-corrected chi connectivity index (χ0v) is 13.7. The van der Waals surface area contributed by atoms with Gasteiger partial charge in [-0.05, 0) is 23.8 Å². The van der Waals surface area contributed by atoms with Crippen molar-refractivity contribution in [3.63, 3.8) is 0 Å². The Labute approximate surface area is 147 Å². The van der Waals surface area contributed by atoms with Crippen molar-refractivity contribution in [2.45, 2.75) is 0 Å². The third kappa shape index (κ3) is 2.60. The first kappa shape index (κ1) is 15.2. The molecule has 0 atom stereocenters. The average molecular weight is 348 g/mol. The van der Waals surface area contributed by atoms with Crippen LogP contribution in [0.25, 0.3) is 28.0 Å². The van der Waals surface area contributed by atoms with Crippen LogP contribution < -0.4 is 0 Å². The van der Waals surface area contributed by atoms with Gasteiger partial charge in [0.2, 0.25) is 4.77 Å². The summed E-state index contributed by atoms with van der Waals surface area (Å²) in [6.07, 6.45) is 3.46. The molecule has 4 rings (SSSR count). The van der Waals surface area contributed by atoms with E-state index in [0.29, 0.717) is 16.0 Å².